The van der Waals surface area contributed by atoms with Crippen LogP contribution in [0.1, 0.15) is 43.9 Å². The third kappa shape index (κ3) is 7.60. The highest BCUT2D eigenvalue weighted by Crippen LogP contribution is 2.31. The van der Waals surface area contributed by atoms with Crippen molar-refractivity contribution in [1.29, 1.82) is 0 Å². The summed E-state index contributed by atoms with van der Waals surface area (Å²) >= 11 is 0. The van der Waals surface area contributed by atoms with Crippen LogP contribution >= 0.6 is 0 Å². The SMILES string of the molecule is CC(C)c1nc(N(C)S(C)(=O)=O)nc(-c2ccc(F)cc2)c1/C=C/[C@H](O)C[C@@H](O)CC(=O)Nc1nnn[nH]1. The molecule has 204 valence electrons. The second-order valence-corrected chi connectivity index (χ2v) is 10.9. The van der Waals surface area contributed by atoms with Crippen molar-refractivity contribution in [1.82, 2.24) is 30.6 Å². The summed E-state index contributed by atoms with van der Waals surface area (Å²) in [4.78, 5) is 20.9. The molecule has 2 atom stereocenters. The van der Waals surface area contributed by atoms with Gasteiger partial charge in [0.05, 0.1) is 36.3 Å². The number of aliphatic hydroxyl groups excluding tert-OH is 2. The predicted octanol–water partition coefficient (Wildman–Crippen LogP) is 1.47. The maximum absolute atomic E-state index is 13.6. The summed E-state index contributed by atoms with van der Waals surface area (Å²) in [7, 11) is -2.33. The minimum atomic E-state index is -3.67. The number of aromatic amines is 1. The molecule has 2 heterocycles. The Bertz CT molecular complexity index is 1380. The molecule has 0 aliphatic heterocycles. The lowest BCUT2D eigenvalue weighted by atomic mass is 9.97. The van der Waals surface area contributed by atoms with Crippen molar-refractivity contribution >= 4 is 33.9 Å². The highest BCUT2D eigenvalue weighted by Gasteiger charge is 2.22. The van der Waals surface area contributed by atoms with Gasteiger partial charge in [-0.05, 0) is 40.6 Å². The maximum Gasteiger partial charge on any atom is 0.246 e. The van der Waals surface area contributed by atoms with Gasteiger partial charge in [0.1, 0.15) is 5.82 Å². The molecule has 0 saturated carbocycles. The van der Waals surface area contributed by atoms with E-state index in [1.165, 1.54) is 37.4 Å². The lowest BCUT2D eigenvalue weighted by Crippen LogP contribution is -2.27. The summed E-state index contributed by atoms with van der Waals surface area (Å²) in [6.45, 7) is 3.72. The number of H-pyrrole nitrogens is 1. The van der Waals surface area contributed by atoms with Crippen LogP contribution in [0.25, 0.3) is 17.3 Å². The first kappa shape index (κ1) is 28.7. The molecule has 0 radical (unpaired) electrons. The number of nitrogens with zero attached hydrogens (tertiary/aromatic N) is 6. The van der Waals surface area contributed by atoms with E-state index in [4.69, 9.17) is 0 Å². The topological polar surface area (TPSA) is 187 Å². The fourth-order valence-electron chi connectivity index (χ4n) is 3.45. The third-order valence-corrected chi connectivity index (χ3v) is 6.59. The van der Waals surface area contributed by atoms with Gasteiger partial charge in [-0.25, -0.2) is 32.2 Å². The average molecular weight is 549 g/mol. The molecular weight excluding hydrogens is 519 g/mol. The van der Waals surface area contributed by atoms with E-state index in [-0.39, 0.29) is 30.7 Å². The van der Waals surface area contributed by atoms with Gasteiger partial charge in [-0.3, -0.25) is 10.1 Å². The number of nitrogens with one attached hydrogen (secondary N) is 2. The molecule has 0 unspecified atom stereocenters. The number of hydrogen-bond donors (Lipinski definition) is 4. The number of aromatic nitrogens is 6. The minimum absolute atomic E-state index is 0.0298. The van der Waals surface area contributed by atoms with E-state index in [0.29, 0.717) is 22.5 Å². The number of hydrogen-bond acceptors (Lipinski definition) is 10. The van der Waals surface area contributed by atoms with Crippen molar-refractivity contribution in [2.45, 2.75) is 44.8 Å². The molecule has 0 spiro atoms. The molecular formula is C23H29FN8O5S. The van der Waals surface area contributed by atoms with Crippen LogP contribution in [0.15, 0.2) is 30.3 Å². The standard InChI is InChI=1S/C23H29FN8O5S/c1-13(2)20-18(10-9-16(33)11-17(34)12-19(35)25-22-28-30-31-29-22)21(14-5-7-15(24)8-6-14)27-23(26-20)32(3)38(4,36)37/h5-10,13,16-17,33-34H,11-12H2,1-4H3,(H2,25,28,29,30,31,35)/b10-9+/t16-,17+/m0/s1. The molecule has 2 aromatic heterocycles. The fraction of sp³-hybridized carbons (Fsp3) is 0.391. The Labute approximate surface area is 218 Å². The molecule has 0 fully saturated rings. The molecule has 4 N–H and O–H groups in total. The Morgan fingerprint density at radius 1 is 1.21 bits per heavy atom. The summed E-state index contributed by atoms with van der Waals surface area (Å²) in [5.41, 5.74) is 1.82. The molecule has 0 bridgehead atoms. The number of carbonyl (C=O) groups excluding carboxylic acids is 1. The Balaban J connectivity index is 1.90. The Morgan fingerprint density at radius 2 is 1.89 bits per heavy atom. The number of sulfonamides is 1. The second-order valence-electron chi connectivity index (χ2n) is 8.88. The highest BCUT2D eigenvalue weighted by molar-refractivity contribution is 7.92. The molecule has 0 saturated heterocycles. The van der Waals surface area contributed by atoms with Gasteiger partial charge in [0.2, 0.25) is 27.8 Å². The normalized spacial score (nSPS) is 13.6. The van der Waals surface area contributed by atoms with Crippen LogP contribution in [0.4, 0.5) is 16.3 Å². The van der Waals surface area contributed by atoms with Gasteiger partial charge in [-0.1, -0.05) is 31.1 Å². The summed E-state index contributed by atoms with van der Waals surface area (Å²) in [6, 6.07) is 5.52. The Hall–Kier alpha value is -3.82. The number of benzene rings is 1. The quantitative estimate of drug-likeness (QED) is 0.273. The van der Waals surface area contributed by atoms with Gasteiger partial charge in [-0.2, -0.15) is 0 Å². The van der Waals surface area contributed by atoms with Crippen LogP contribution < -0.4 is 9.62 Å². The van der Waals surface area contributed by atoms with Crippen molar-refractivity contribution in [3.63, 3.8) is 0 Å². The van der Waals surface area contributed by atoms with Gasteiger partial charge in [0, 0.05) is 24.6 Å². The van der Waals surface area contributed by atoms with Gasteiger partial charge in [0.15, 0.2) is 0 Å². The minimum Gasteiger partial charge on any atom is -0.392 e. The maximum atomic E-state index is 13.6. The van der Waals surface area contributed by atoms with Crippen LogP contribution in [-0.2, 0) is 14.8 Å². The number of anilines is 2. The van der Waals surface area contributed by atoms with Crippen LogP contribution in [0.3, 0.4) is 0 Å². The third-order valence-electron chi connectivity index (χ3n) is 5.43. The van der Waals surface area contributed by atoms with Crippen LogP contribution in [0.2, 0.25) is 0 Å². The zero-order valence-corrected chi connectivity index (χ0v) is 22.0. The predicted molar refractivity (Wildman–Crippen MR) is 138 cm³/mol. The molecule has 38 heavy (non-hydrogen) atoms. The van der Waals surface area contributed by atoms with Crippen LogP contribution in [-0.4, -0.2) is 80.6 Å². The molecule has 15 heteroatoms. The van der Waals surface area contributed by atoms with Gasteiger partial charge >= 0.3 is 0 Å². The molecule has 0 aliphatic rings. The van der Waals surface area contributed by atoms with Gasteiger partial charge < -0.3 is 10.2 Å². The van der Waals surface area contributed by atoms with Gasteiger partial charge in [-0.15, -0.1) is 0 Å². The molecule has 13 nitrogen and oxygen atoms in total. The number of amides is 1. The van der Waals surface area contributed by atoms with E-state index in [1.54, 1.807) is 6.08 Å². The van der Waals surface area contributed by atoms with E-state index in [2.05, 4.69) is 35.9 Å². The monoisotopic (exact) mass is 548 g/mol. The molecule has 3 rings (SSSR count). The lowest BCUT2D eigenvalue weighted by molar-refractivity contribution is -0.118. The second kappa shape index (κ2) is 12.1. The summed E-state index contributed by atoms with van der Waals surface area (Å²) in [6.07, 6.45) is 1.23. The lowest BCUT2D eigenvalue weighted by Gasteiger charge is -2.20. The van der Waals surface area contributed by atoms with Gasteiger partial charge in [0.25, 0.3) is 0 Å². The number of rotatable bonds is 11. The van der Waals surface area contributed by atoms with E-state index in [0.717, 1.165) is 10.6 Å². The zero-order chi connectivity index (χ0) is 28.0. The number of carbonyl (C=O) groups is 1. The summed E-state index contributed by atoms with van der Waals surface area (Å²) in [5, 5.41) is 35.7. The summed E-state index contributed by atoms with van der Waals surface area (Å²) in [5.74, 6) is -1.21. The number of tetrazole rings is 1. The van der Waals surface area contributed by atoms with Crippen LogP contribution in [0.5, 0.6) is 0 Å². The molecule has 3 aromatic rings. The first-order valence-electron chi connectivity index (χ1n) is 11.5. The van der Waals surface area contributed by atoms with E-state index >= 15 is 0 Å². The first-order valence-corrected chi connectivity index (χ1v) is 13.4. The number of halogens is 1. The first-order chi connectivity index (χ1) is 17.8. The fourth-order valence-corrected chi connectivity index (χ4v) is 3.83. The molecule has 1 aromatic carbocycles. The Morgan fingerprint density at radius 3 is 2.47 bits per heavy atom. The average Bonchev–Trinajstić information content (AvgIpc) is 3.34. The van der Waals surface area contributed by atoms with Crippen LogP contribution in [0, 0.1) is 5.82 Å². The summed E-state index contributed by atoms with van der Waals surface area (Å²) < 4.78 is 38.9. The zero-order valence-electron chi connectivity index (χ0n) is 21.2. The van der Waals surface area contributed by atoms with Crippen molar-refractivity contribution in [3.8, 4) is 11.3 Å². The number of aliphatic hydroxyl groups is 2. The molecule has 0 aliphatic carbocycles. The largest absolute Gasteiger partial charge is 0.392 e. The van der Waals surface area contributed by atoms with E-state index in [1.807, 2.05) is 13.8 Å². The van der Waals surface area contributed by atoms with E-state index in [9.17, 15) is 27.8 Å². The smallest absolute Gasteiger partial charge is 0.246 e. The van der Waals surface area contributed by atoms with Crippen molar-refractivity contribution in [2.75, 3.05) is 22.9 Å². The van der Waals surface area contributed by atoms with E-state index < -0.39 is 34.0 Å². The van der Waals surface area contributed by atoms with Crippen molar-refractivity contribution in [2.24, 2.45) is 0 Å². The molecule has 1 amide bonds. The highest BCUT2D eigenvalue weighted by atomic mass is 32.2. The Kier molecular flexibility index (Phi) is 9.19. The van der Waals surface area contributed by atoms with Crippen molar-refractivity contribution < 1.29 is 27.8 Å². The van der Waals surface area contributed by atoms with Crippen molar-refractivity contribution in [3.05, 3.63) is 47.4 Å².